The number of nitrogens with zero attached hydrogens (tertiary/aromatic N) is 1. The van der Waals surface area contributed by atoms with Gasteiger partial charge >= 0.3 is 0 Å². The Kier molecular flexibility index (Phi) is 13.5. The van der Waals surface area contributed by atoms with Gasteiger partial charge in [0.05, 0.1) is 19.6 Å². The van der Waals surface area contributed by atoms with Gasteiger partial charge < -0.3 is 16.9 Å². The van der Waals surface area contributed by atoms with Gasteiger partial charge in [-0.05, 0) is 26.7 Å². The number of rotatable bonds is 13. The van der Waals surface area contributed by atoms with Crippen molar-refractivity contribution in [2.45, 2.75) is 78.7 Å². The predicted octanol–water partition coefficient (Wildman–Crippen LogP) is 3.19. The third-order valence-electron chi connectivity index (χ3n) is 5.19. The Morgan fingerprint density at radius 2 is 1.22 bits per heavy atom. The fourth-order valence-corrected chi connectivity index (χ4v) is 3.39. The Labute approximate surface area is 151 Å². The standard InChI is InChI=1S/C21H38N.ClH/c1-4-7-8-9-10-11-12-16-19-22(5-2,6-3)20-21-17-14-13-15-18-21;/h13-15,17-18H,4-12,16,19-20H2,1-3H3;1H/q+1;/p-1. The zero-order valence-electron chi connectivity index (χ0n) is 15.7. The van der Waals surface area contributed by atoms with Crippen molar-refractivity contribution in [2.24, 2.45) is 0 Å². The fourth-order valence-electron chi connectivity index (χ4n) is 3.39. The van der Waals surface area contributed by atoms with Crippen molar-refractivity contribution in [1.82, 2.24) is 0 Å². The van der Waals surface area contributed by atoms with Gasteiger partial charge in [-0.2, -0.15) is 0 Å². The maximum absolute atomic E-state index is 2.36. The number of hydrogen-bond acceptors (Lipinski definition) is 0. The smallest absolute Gasteiger partial charge is 0.104 e. The lowest BCUT2D eigenvalue weighted by molar-refractivity contribution is -0.938. The molecule has 0 radical (unpaired) electrons. The molecule has 1 aromatic rings. The monoisotopic (exact) mass is 339 g/mol. The van der Waals surface area contributed by atoms with Crippen LogP contribution in [0.15, 0.2) is 30.3 Å². The highest BCUT2D eigenvalue weighted by molar-refractivity contribution is 5.13. The van der Waals surface area contributed by atoms with E-state index in [1.54, 1.807) is 0 Å². The molecule has 0 N–H and O–H groups in total. The molecule has 134 valence electrons. The van der Waals surface area contributed by atoms with Gasteiger partial charge in [-0.25, -0.2) is 0 Å². The van der Waals surface area contributed by atoms with Gasteiger partial charge in [0.15, 0.2) is 0 Å². The van der Waals surface area contributed by atoms with E-state index < -0.39 is 0 Å². The quantitative estimate of drug-likeness (QED) is 0.382. The van der Waals surface area contributed by atoms with E-state index in [-0.39, 0.29) is 12.4 Å². The second-order valence-corrected chi connectivity index (χ2v) is 6.82. The number of quaternary nitrogens is 1. The maximum Gasteiger partial charge on any atom is 0.104 e. The summed E-state index contributed by atoms with van der Waals surface area (Å²) in [5, 5.41) is 0. The molecule has 23 heavy (non-hydrogen) atoms. The molecule has 1 aromatic carbocycles. The van der Waals surface area contributed by atoms with E-state index in [0.29, 0.717) is 0 Å². The summed E-state index contributed by atoms with van der Waals surface area (Å²) in [4.78, 5) is 0. The van der Waals surface area contributed by atoms with Crippen LogP contribution in [0.3, 0.4) is 0 Å². The Morgan fingerprint density at radius 3 is 1.74 bits per heavy atom. The van der Waals surface area contributed by atoms with Crippen molar-refractivity contribution in [1.29, 1.82) is 0 Å². The van der Waals surface area contributed by atoms with Crippen LogP contribution in [0.2, 0.25) is 0 Å². The first-order valence-corrected chi connectivity index (χ1v) is 9.65. The highest BCUT2D eigenvalue weighted by atomic mass is 35.5. The molecule has 1 rings (SSSR count). The maximum atomic E-state index is 2.36. The summed E-state index contributed by atoms with van der Waals surface area (Å²) in [7, 11) is 0. The van der Waals surface area contributed by atoms with E-state index in [1.165, 1.54) is 87.6 Å². The zero-order chi connectivity index (χ0) is 16.1. The van der Waals surface area contributed by atoms with Crippen LogP contribution in [0.5, 0.6) is 0 Å². The van der Waals surface area contributed by atoms with Crippen molar-refractivity contribution in [3.8, 4) is 0 Å². The molecule has 0 bridgehead atoms. The summed E-state index contributed by atoms with van der Waals surface area (Å²) >= 11 is 0. The van der Waals surface area contributed by atoms with Crippen LogP contribution in [0.1, 0.15) is 77.7 Å². The summed E-state index contributed by atoms with van der Waals surface area (Å²) < 4.78 is 1.25. The molecule has 0 aliphatic rings. The first-order chi connectivity index (χ1) is 10.8. The molecule has 0 fully saturated rings. The molecule has 0 atom stereocenters. The second-order valence-electron chi connectivity index (χ2n) is 6.82. The summed E-state index contributed by atoms with van der Waals surface area (Å²) in [6, 6.07) is 11.0. The van der Waals surface area contributed by atoms with Gasteiger partial charge in [-0.1, -0.05) is 75.8 Å². The minimum Gasteiger partial charge on any atom is -1.00 e. The predicted molar refractivity (Wildman–Crippen MR) is 99.0 cm³/mol. The molecule has 0 aliphatic heterocycles. The van der Waals surface area contributed by atoms with Crippen LogP contribution >= 0.6 is 0 Å². The minimum absolute atomic E-state index is 0. The lowest BCUT2D eigenvalue weighted by atomic mass is 10.1. The Morgan fingerprint density at radius 1 is 0.696 bits per heavy atom. The van der Waals surface area contributed by atoms with Gasteiger partial charge in [0.25, 0.3) is 0 Å². The van der Waals surface area contributed by atoms with Gasteiger partial charge in [0.2, 0.25) is 0 Å². The molecule has 0 amide bonds. The van der Waals surface area contributed by atoms with Crippen molar-refractivity contribution in [3.05, 3.63) is 35.9 Å². The molecular formula is C21H38ClN. The normalized spacial score (nSPS) is 11.3. The molecule has 0 heterocycles. The van der Waals surface area contributed by atoms with Crippen LogP contribution in [0.4, 0.5) is 0 Å². The minimum atomic E-state index is 0. The average Bonchev–Trinajstić information content (AvgIpc) is 2.57. The number of benzene rings is 1. The Hall–Kier alpha value is -0.530. The zero-order valence-corrected chi connectivity index (χ0v) is 16.5. The molecule has 0 saturated carbocycles. The van der Waals surface area contributed by atoms with E-state index in [4.69, 9.17) is 0 Å². The van der Waals surface area contributed by atoms with Crippen molar-refractivity contribution >= 4 is 0 Å². The Bertz CT molecular complexity index is 359. The molecule has 0 saturated heterocycles. The summed E-state index contributed by atoms with van der Waals surface area (Å²) in [6.07, 6.45) is 11.3. The molecule has 0 unspecified atom stereocenters. The van der Waals surface area contributed by atoms with Crippen molar-refractivity contribution < 1.29 is 16.9 Å². The lowest BCUT2D eigenvalue weighted by Crippen LogP contribution is -3.00. The van der Waals surface area contributed by atoms with Crippen LogP contribution < -0.4 is 12.4 Å². The first-order valence-electron chi connectivity index (χ1n) is 9.65. The summed E-state index contributed by atoms with van der Waals surface area (Å²) in [5.74, 6) is 0. The third kappa shape index (κ3) is 9.37. The summed E-state index contributed by atoms with van der Waals surface area (Å²) in [5.41, 5.74) is 1.49. The molecule has 2 heteroatoms. The van der Waals surface area contributed by atoms with Gasteiger partial charge in [-0.3, -0.25) is 0 Å². The second kappa shape index (κ2) is 13.9. The highest BCUT2D eigenvalue weighted by Crippen LogP contribution is 2.17. The number of unbranched alkanes of at least 4 members (excludes halogenated alkanes) is 7. The van der Waals surface area contributed by atoms with Gasteiger partial charge in [0, 0.05) is 5.56 Å². The third-order valence-corrected chi connectivity index (χ3v) is 5.19. The Balaban J connectivity index is 0.00000484. The van der Waals surface area contributed by atoms with Crippen LogP contribution in [-0.4, -0.2) is 24.1 Å². The van der Waals surface area contributed by atoms with Crippen LogP contribution in [0.25, 0.3) is 0 Å². The molecule has 0 spiro atoms. The largest absolute Gasteiger partial charge is 1.00 e. The van der Waals surface area contributed by atoms with Crippen LogP contribution in [0, 0.1) is 0 Å². The molecular weight excluding hydrogens is 302 g/mol. The van der Waals surface area contributed by atoms with E-state index in [1.807, 2.05) is 0 Å². The average molecular weight is 340 g/mol. The van der Waals surface area contributed by atoms with Gasteiger partial charge in [0.1, 0.15) is 6.54 Å². The SMILES string of the molecule is CCCCCCCCCC[N+](CC)(CC)Cc1ccccc1.[Cl-]. The van der Waals surface area contributed by atoms with Crippen molar-refractivity contribution in [3.63, 3.8) is 0 Å². The van der Waals surface area contributed by atoms with Crippen LogP contribution in [-0.2, 0) is 6.54 Å². The topological polar surface area (TPSA) is 0 Å². The first kappa shape index (κ1) is 22.5. The van der Waals surface area contributed by atoms with E-state index in [9.17, 15) is 0 Å². The molecule has 1 nitrogen and oxygen atoms in total. The number of halogens is 1. The van der Waals surface area contributed by atoms with E-state index in [2.05, 4.69) is 51.1 Å². The number of hydrogen-bond donors (Lipinski definition) is 0. The highest BCUT2D eigenvalue weighted by Gasteiger charge is 2.22. The van der Waals surface area contributed by atoms with Crippen molar-refractivity contribution in [2.75, 3.05) is 19.6 Å². The molecule has 0 aromatic heterocycles. The van der Waals surface area contributed by atoms with E-state index >= 15 is 0 Å². The fraction of sp³-hybridized carbons (Fsp3) is 0.714. The van der Waals surface area contributed by atoms with E-state index in [0.717, 1.165) is 0 Å². The molecule has 0 aliphatic carbocycles. The lowest BCUT2D eigenvalue weighted by Gasteiger charge is -2.37. The summed E-state index contributed by atoms with van der Waals surface area (Å²) in [6.45, 7) is 12.1. The van der Waals surface area contributed by atoms with Gasteiger partial charge in [-0.15, -0.1) is 0 Å².